The SMILES string of the molecule is CN(Cc1ccc2c(c1)c1ccccc1c[n+]2CC(=O)NCCC(c1ccccc1B(O)O)N(C)c1ccccc1)C(=O)CN1CCN(CC(=O)O)CCN(CC(=O)O)CCN(CC(=O)O)CC1. The van der Waals surface area contributed by atoms with Gasteiger partial charge in [-0.25, -0.2) is 0 Å². The number of rotatable bonds is 19. The zero-order valence-corrected chi connectivity index (χ0v) is 38.7. The first-order valence-corrected chi connectivity index (χ1v) is 22.8. The molecule has 0 bridgehead atoms. The Kier molecular flexibility index (Phi) is 18.4. The van der Waals surface area contributed by atoms with E-state index in [0.29, 0.717) is 44.6 Å². The Morgan fingerprint density at radius 2 is 1.19 bits per heavy atom. The number of aliphatic carboxylic acids is 3. The second-order valence-corrected chi connectivity index (χ2v) is 17.3. The minimum atomic E-state index is -1.66. The predicted molar refractivity (Wildman–Crippen MR) is 258 cm³/mol. The van der Waals surface area contributed by atoms with Gasteiger partial charge in [0.15, 0.2) is 6.20 Å². The third kappa shape index (κ3) is 14.5. The number of hydrogen-bond donors (Lipinski definition) is 6. The molecule has 0 spiro atoms. The Bertz CT molecular complexity index is 2500. The van der Waals surface area contributed by atoms with Crippen LogP contribution in [0.25, 0.3) is 21.7 Å². The van der Waals surface area contributed by atoms with Gasteiger partial charge in [-0.05, 0) is 47.3 Å². The Hall–Kier alpha value is -6.48. The van der Waals surface area contributed by atoms with Gasteiger partial charge in [-0.15, -0.1) is 0 Å². The summed E-state index contributed by atoms with van der Waals surface area (Å²) < 4.78 is 1.92. The van der Waals surface area contributed by atoms with Crippen LogP contribution in [0.3, 0.4) is 0 Å². The second kappa shape index (κ2) is 24.5. The van der Waals surface area contributed by atoms with E-state index in [9.17, 15) is 49.3 Å². The quantitative estimate of drug-likeness (QED) is 0.0383. The molecular formula is C49H62BN8O10+. The highest BCUT2D eigenvalue weighted by Crippen LogP contribution is 2.28. The number of nitrogens with one attached hydrogen (secondary N) is 1. The molecule has 5 aromatic rings. The molecule has 0 radical (unpaired) electrons. The zero-order valence-electron chi connectivity index (χ0n) is 38.7. The molecular weight excluding hydrogens is 871 g/mol. The highest BCUT2D eigenvalue weighted by molar-refractivity contribution is 6.59. The van der Waals surface area contributed by atoms with Gasteiger partial charge in [-0.3, -0.25) is 43.6 Å². The topological polar surface area (TPSA) is 222 Å². The molecule has 1 aliphatic heterocycles. The van der Waals surface area contributed by atoms with Crippen molar-refractivity contribution in [2.45, 2.75) is 25.6 Å². The molecule has 1 aliphatic rings. The van der Waals surface area contributed by atoms with Crippen LogP contribution >= 0.6 is 0 Å². The summed E-state index contributed by atoms with van der Waals surface area (Å²) >= 11 is 0. The number of likely N-dealkylation sites (N-methyl/N-ethyl adjacent to an activating group) is 1. The van der Waals surface area contributed by atoms with Gasteiger partial charge < -0.3 is 40.5 Å². The molecule has 1 aromatic heterocycles. The van der Waals surface area contributed by atoms with Gasteiger partial charge in [0.1, 0.15) is 0 Å². The van der Waals surface area contributed by atoms with E-state index in [1.807, 2.05) is 108 Å². The summed E-state index contributed by atoms with van der Waals surface area (Å²) in [4.78, 5) is 73.4. The van der Waals surface area contributed by atoms with Crippen molar-refractivity contribution in [3.63, 3.8) is 0 Å². The van der Waals surface area contributed by atoms with Crippen LogP contribution in [0.2, 0.25) is 0 Å². The molecule has 1 atom stereocenters. The van der Waals surface area contributed by atoms with Crippen LogP contribution in [0.1, 0.15) is 23.6 Å². The lowest BCUT2D eigenvalue weighted by Crippen LogP contribution is -2.49. The number of carboxylic acids is 3. The largest absolute Gasteiger partial charge is 0.488 e. The minimum Gasteiger partial charge on any atom is -0.480 e. The van der Waals surface area contributed by atoms with Gasteiger partial charge in [0.05, 0.1) is 37.6 Å². The third-order valence-electron chi connectivity index (χ3n) is 12.4. The summed E-state index contributed by atoms with van der Waals surface area (Å²) in [5.74, 6) is -3.46. The van der Waals surface area contributed by atoms with Crippen molar-refractivity contribution in [3.8, 4) is 0 Å². The van der Waals surface area contributed by atoms with Crippen LogP contribution < -0.4 is 20.2 Å². The van der Waals surface area contributed by atoms with Crippen LogP contribution in [0.5, 0.6) is 0 Å². The van der Waals surface area contributed by atoms with E-state index in [-0.39, 0.29) is 83.3 Å². The number of carbonyl (C=O) groups is 5. The van der Waals surface area contributed by atoms with E-state index >= 15 is 0 Å². The number of pyridine rings is 1. The van der Waals surface area contributed by atoms with Gasteiger partial charge in [0.2, 0.25) is 18.0 Å². The number of fused-ring (bicyclic) bond motifs is 3. The number of aromatic nitrogens is 1. The standard InChI is InChI=1S/C49H61BN8O10/c1-52(46(60)32-54-20-22-55(33-47(61)62)24-26-57(35-49(65)66)27-25-56(23-21-54)34-48(63)64)29-36-16-17-44-41(28-36)39-13-7-6-10-37(39)30-58(44)31-45(59)51-19-18-43(53(2)38-11-4-3-5-12-38)40-14-8-9-15-42(40)50(67)68/h3-17,28,30,43,67-68H,18-27,29,31-35H2,1-2H3,(H3-,51,59,61,62,63,64,65,66)/p+1. The maximum absolute atomic E-state index is 13.9. The molecule has 6 N–H and O–H groups in total. The highest BCUT2D eigenvalue weighted by atomic mass is 16.4. The summed E-state index contributed by atoms with van der Waals surface area (Å²) in [5, 5.41) is 55.0. The van der Waals surface area contributed by atoms with E-state index in [0.717, 1.165) is 38.5 Å². The third-order valence-corrected chi connectivity index (χ3v) is 12.4. The van der Waals surface area contributed by atoms with Crippen molar-refractivity contribution >= 4 is 69.7 Å². The number of anilines is 1. The molecule has 2 heterocycles. The van der Waals surface area contributed by atoms with Crippen LogP contribution in [0.4, 0.5) is 5.69 Å². The number of benzene rings is 4. The number of hydrogen-bond acceptors (Lipinski definition) is 12. The van der Waals surface area contributed by atoms with Crippen molar-refractivity contribution in [1.82, 2.24) is 29.8 Å². The van der Waals surface area contributed by atoms with E-state index in [1.165, 1.54) is 0 Å². The average Bonchev–Trinajstić information content (AvgIpc) is 3.30. The lowest BCUT2D eigenvalue weighted by Gasteiger charge is -2.33. The van der Waals surface area contributed by atoms with E-state index < -0.39 is 25.0 Å². The molecule has 6 rings (SSSR count). The number of nitrogens with zero attached hydrogens (tertiary/aromatic N) is 7. The van der Waals surface area contributed by atoms with Gasteiger partial charge in [0, 0.05) is 102 Å². The Morgan fingerprint density at radius 1 is 0.662 bits per heavy atom. The summed E-state index contributed by atoms with van der Waals surface area (Å²) in [7, 11) is 2.00. The monoisotopic (exact) mass is 933 g/mol. The van der Waals surface area contributed by atoms with Crippen LogP contribution in [0, 0.1) is 0 Å². The van der Waals surface area contributed by atoms with Crippen molar-refractivity contribution < 1.29 is 53.9 Å². The second-order valence-electron chi connectivity index (χ2n) is 17.3. The molecule has 0 saturated carbocycles. The highest BCUT2D eigenvalue weighted by Gasteiger charge is 2.27. The Balaban J connectivity index is 1.15. The lowest BCUT2D eigenvalue weighted by atomic mass is 9.74. The fourth-order valence-corrected chi connectivity index (χ4v) is 8.84. The molecule has 68 heavy (non-hydrogen) atoms. The van der Waals surface area contributed by atoms with Crippen LogP contribution in [-0.2, 0) is 37.1 Å². The van der Waals surface area contributed by atoms with Crippen molar-refractivity contribution in [3.05, 3.63) is 114 Å². The van der Waals surface area contributed by atoms with Crippen molar-refractivity contribution in [1.29, 1.82) is 0 Å². The van der Waals surface area contributed by atoms with Gasteiger partial charge in [0.25, 0.3) is 5.91 Å². The van der Waals surface area contributed by atoms with Gasteiger partial charge >= 0.3 is 25.0 Å². The molecule has 18 nitrogen and oxygen atoms in total. The molecule has 4 aromatic carbocycles. The molecule has 0 aliphatic carbocycles. The molecule has 1 fully saturated rings. The maximum atomic E-state index is 13.9. The van der Waals surface area contributed by atoms with E-state index in [2.05, 4.69) is 10.2 Å². The zero-order chi connectivity index (χ0) is 48.7. The predicted octanol–water partition coefficient (Wildman–Crippen LogP) is 0.778. The van der Waals surface area contributed by atoms with Gasteiger partial charge in [-0.2, -0.15) is 4.57 Å². The van der Waals surface area contributed by atoms with E-state index in [1.54, 1.807) is 38.8 Å². The first kappa shape index (κ1) is 50.9. The van der Waals surface area contributed by atoms with Gasteiger partial charge in [-0.1, -0.05) is 66.7 Å². The first-order chi connectivity index (χ1) is 32.6. The fraction of sp³-hybridized carbons (Fsp3) is 0.388. The Morgan fingerprint density at radius 3 is 1.76 bits per heavy atom. The molecule has 1 unspecified atom stereocenters. The molecule has 2 amide bonds. The molecule has 1 saturated heterocycles. The van der Waals surface area contributed by atoms with Crippen LogP contribution in [-0.4, -0.2) is 186 Å². The van der Waals surface area contributed by atoms with E-state index in [4.69, 9.17) is 0 Å². The van der Waals surface area contributed by atoms with Crippen molar-refractivity contribution in [2.24, 2.45) is 0 Å². The first-order valence-electron chi connectivity index (χ1n) is 22.8. The summed E-state index contributed by atoms with van der Waals surface area (Å²) in [6.45, 7) is 2.25. The van der Waals surface area contributed by atoms with Crippen LogP contribution in [0.15, 0.2) is 103 Å². The normalized spacial score (nSPS) is 15.2. The number of carboxylic acid groups (broad SMARTS) is 3. The lowest BCUT2D eigenvalue weighted by molar-refractivity contribution is -0.657. The summed E-state index contributed by atoms with van der Waals surface area (Å²) in [6.07, 6.45) is 2.44. The number of carbonyl (C=O) groups excluding carboxylic acids is 2. The maximum Gasteiger partial charge on any atom is 0.488 e. The minimum absolute atomic E-state index is 0.00821. The molecule has 360 valence electrons. The smallest absolute Gasteiger partial charge is 0.480 e. The summed E-state index contributed by atoms with van der Waals surface area (Å²) in [5.41, 5.74) is 3.78. The average molecular weight is 934 g/mol. The molecule has 19 heteroatoms. The van der Waals surface area contributed by atoms with Crippen molar-refractivity contribution in [2.75, 3.05) is 104 Å². The Labute approximate surface area is 396 Å². The number of amides is 2. The summed E-state index contributed by atoms with van der Waals surface area (Å²) in [6, 6.07) is 30.5. The number of para-hydroxylation sites is 1. The fourth-order valence-electron chi connectivity index (χ4n) is 8.84.